The number of hydrogen-bond acceptors (Lipinski definition) is 3. The van der Waals surface area contributed by atoms with E-state index in [0.29, 0.717) is 6.54 Å². The van der Waals surface area contributed by atoms with Crippen molar-refractivity contribution in [3.63, 3.8) is 0 Å². The maximum absolute atomic E-state index is 12.4. The van der Waals surface area contributed by atoms with E-state index in [-0.39, 0.29) is 11.8 Å². The molecule has 0 saturated heterocycles. The van der Waals surface area contributed by atoms with Crippen LogP contribution in [0.5, 0.6) is 0 Å². The minimum Gasteiger partial charge on any atom is -0.340 e. The van der Waals surface area contributed by atoms with Crippen molar-refractivity contribution in [2.75, 3.05) is 20.1 Å². The van der Waals surface area contributed by atoms with Crippen LogP contribution in [-0.4, -0.2) is 45.6 Å². The van der Waals surface area contributed by atoms with Crippen molar-refractivity contribution >= 4 is 5.91 Å². The number of amides is 1. The maximum Gasteiger partial charge on any atom is 0.225 e. The quantitative estimate of drug-likeness (QED) is 0.783. The first-order valence-corrected chi connectivity index (χ1v) is 10.0. The molecule has 0 bridgehead atoms. The summed E-state index contributed by atoms with van der Waals surface area (Å²) < 4.78 is 2.10. The van der Waals surface area contributed by atoms with Crippen LogP contribution in [0, 0.1) is 12.8 Å². The number of aryl methyl sites for hydroxylation is 1. The molecule has 5 nitrogen and oxygen atoms in total. The Bertz CT molecular complexity index is 791. The molecule has 0 N–H and O–H groups in total. The Morgan fingerprint density at radius 2 is 1.96 bits per heavy atom. The van der Waals surface area contributed by atoms with E-state index >= 15 is 0 Å². The van der Waals surface area contributed by atoms with Gasteiger partial charge in [-0.3, -0.25) is 9.69 Å². The summed E-state index contributed by atoms with van der Waals surface area (Å²) in [4.78, 5) is 16.7. The van der Waals surface area contributed by atoms with E-state index in [0.717, 1.165) is 43.9 Å². The van der Waals surface area contributed by atoms with E-state index < -0.39 is 0 Å². The van der Waals surface area contributed by atoms with Crippen LogP contribution in [0.3, 0.4) is 0 Å². The van der Waals surface area contributed by atoms with E-state index in [1.54, 1.807) is 0 Å². The second-order valence-electron chi connectivity index (χ2n) is 7.99. The average molecular weight is 369 g/mol. The van der Waals surface area contributed by atoms with Gasteiger partial charge in [-0.2, -0.15) is 5.10 Å². The second-order valence-corrected chi connectivity index (χ2v) is 7.99. The van der Waals surface area contributed by atoms with E-state index in [4.69, 9.17) is 5.10 Å². The third-order valence-electron chi connectivity index (χ3n) is 5.30. The molecule has 0 atom stereocenters. The number of rotatable bonds is 6. The molecule has 0 aliphatic carbocycles. The van der Waals surface area contributed by atoms with E-state index in [2.05, 4.69) is 47.7 Å². The fraction of sp³-hybridized carbons (Fsp3) is 0.545. The normalized spacial score (nSPS) is 14.4. The lowest BCUT2D eigenvalue weighted by atomic mass is 10.0. The molecule has 0 saturated carbocycles. The molecule has 1 aromatic heterocycles. The van der Waals surface area contributed by atoms with E-state index in [9.17, 15) is 4.79 Å². The number of hydrogen-bond donors (Lipinski definition) is 0. The number of carbonyl (C=O) groups is 1. The zero-order chi connectivity index (χ0) is 19.6. The molecule has 27 heavy (non-hydrogen) atoms. The predicted octanol–water partition coefficient (Wildman–Crippen LogP) is 3.56. The average Bonchev–Trinajstić information content (AvgIpc) is 2.99. The standard InChI is InChI=1S/C22H32N4O/c1-6-12-25-13-11-21-19(14-25)20(15-24(5)22(27)16(2)3)23-26(21)18-9-7-17(4)8-10-18/h7-10,16H,6,11-15H2,1-5H3. The molecular weight excluding hydrogens is 336 g/mol. The monoisotopic (exact) mass is 368 g/mol. The van der Waals surface area contributed by atoms with Crippen molar-refractivity contribution in [1.82, 2.24) is 19.6 Å². The van der Waals surface area contributed by atoms with Gasteiger partial charge in [0.1, 0.15) is 0 Å². The maximum atomic E-state index is 12.4. The predicted molar refractivity (Wildman–Crippen MR) is 109 cm³/mol. The van der Waals surface area contributed by atoms with Crippen molar-refractivity contribution < 1.29 is 4.79 Å². The Morgan fingerprint density at radius 1 is 1.26 bits per heavy atom. The first-order valence-electron chi connectivity index (χ1n) is 10.0. The van der Waals surface area contributed by atoms with Crippen LogP contribution in [0.1, 0.15) is 49.7 Å². The number of carbonyl (C=O) groups excluding carboxylic acids is 1. The van der Waals surface area contributed by atoms with Gasteiger partial charge in [0.15, 0.2) is 0 Å². The molecule has 1 aromatic carbocycles. The summed E-state index contributed by atoms with van der Waals surface area (Å²) >= 11 is 0. The Kier molecular flexibility index (Phi) is 6.00. The molecule has 1 aliphatic heterocycles. The highest BCUT2D eigenvalue weighted by atomic mass is 16.2. The lowest BCUT2D eigenvalue weighted by Crippen LogP contribution is -2.33. The summed E-state index contributed by atoms with van der Waals surface area (Å²) in [6, 6.07) is 8.52. The minimum absolute atomic E-state index is 0.00148. The molecule has 0 unspecified atom stereocenters. The van der Waals surface area contributed by atoms with Crippen LogP contribution in [0.25, 0.3) is 5.69 Å². The third kappa shape index (κ3) is 4.24. The van der Waals surface area contributed by atoms with Gasteiger partial charge in [-0.25, -0.2) is 4.68 Å². The van der Waals surface area contributed by atoms with Crippen molar-refractivity contribution in [3.05, 3.63) is 46.8 Å². The van der Waals surface area contributed by atoms with Crippen LogP contribution >= 0.6 is 0 Å². The number of nitrogens with zero attached hydrogens (tertiary/aromatic N) is 4. The summed E-state index contributed by atoms with van der Waals surface area (Å²) in [6.07, 6.45) is 2.15. The lowest BCUT2D eigenvalue weighted by molar-refractivity contribution is -0.133. The summed E-state index contributed by atoms with van der Waals surface area (Å²) in [6.45, 7) is 11.9. The van der Waals surface area contributed by atoms with Gasteiger partial charge in [-0.1, -0.05) is 38.5 Å². The van der Waals surface area contributed by atoms with Crippen LogP contribution in [-0.2, 0) is 24.3 Å². The largest absolute Gasteiger partial charge is 0.340 e. The van der Waals surface area contributed by atoms with Gasteiger partial charge in [-0.15, -0.1) is 0 Å². The molecule has 3 rings (SSSR count). The van der Waals surface area contributed by atoms with Gasteiger partial charge in [-0.05, 0) is 32.0 Å². The first-order chi connectivity index (χ1) is 12.9. The molecule has 1 aliphatic rings. The van der Waals surface area contributed by atoms with Crippen LogP contribution in [0.4, 0.5) is 0 Å². The summed E-state index contributed by atoms with van der Waals surface area (Å²) in [7, 11) is 1.88. The number of aromatic nitrogens is 2. The number of benzene rings is 1. The molecule has 0 radical (unpaired) electrons. The van der Waals surface area contributed by atoms with Crippen LogP contribution in [0.15, 0.2) is 24.3 Å². The Balaban J connectivity index is 1.97. The van der Waals surface area contributed by atoms with Gasteiger partial charge in [0, 0.05) is 38.0 Å². The zero-order valence-corrected chi connectivity index (χ0v) is 17.3. The summed E-state index contributed by atoms with van der Waals surface area (Å²) in [5.74, 6) is 0.163. The Hall–Kier alpha value is -2.14. The molecule has 5 heteroatoms. The molecule has 0 fully saturated rings. The number of fused-ring (bicyclic) bond motifs is 1. The van der Waals surface area contributed by atoms with Gasteiger partial charge < -0.3 is 4.90 Å². The zero-order valence-electron chi connectivity index (χ0n) is 17.3. The summed E-state index contributed by atoms with van der Waals surface area (Å²) in [5.41, 5.74) is 5.98. The molecule has 0 spiro atoms. The van der Waals surface area contributed by atoms with E-state index in [1.807, 2.05) is 25.8 Å². The molecular formula is C22H32N4O. The minimum atomic E-state index is 0.00148. The van der Waals surface area contributed by atoms with Crippen LogP contribution in [0.2, 0.25) is 0 Å². The molecule has 2 aromatic rings. The second kappa shape index (κ2) is 8.26. The SMILES string of the molecule is CCCN1CCc2c(c(CN(C)C(=O)C(C)C)nn2-c2ccc(C)cc2)C1. The molecule has 146 valence electrons. The van der Waals surface area contributed by atoms with Gasteiger partial charge in [0.2, 0.25) is 5.91 Å². The topological polar surface area (TPSA) is 41.4 Å². The van der Waals surface area contributed by atoms with Crippen molar-refractivity contribution in [2.45, 2.75) is 53.6 Å². The van der Waals surface area contributed by atoms with Crippen LogP contribution < -0.4 is 0 Å². The van der Waals surface area contributed by atoms with Crippen molar-refractivity contribution in [3.8, 4) is 5.69 Å². The summed E-state index contributed by atoms with van der Waals surface area (Å²) in [5, 5.41) is 4.96. The highest BCUT2D eigenvalue weighted by Crippen LogP contribution is 2.26. The molecule has 2 heterocycles. The van der Waals surface area contributed by atoms with E-state index in [1.165, 1.54) is 16.8 Å². The van der Waals surface area contributed by atoms with Gasteiger partial charge in [0.25, 0.3) is 0 Å². The third-order valence-corrected chi connectivity index (χ3v) is 5.30. The van der Waals surface area contributed by atoms with Gasteiger partial charge >= 0.3 is 0 Å². The lowest BCUT2D eigenvalue weighted by Gasteiger charge is -2.28. The van der Waals surface area contributed by atoms with Gasteiger partial charge in [0.05, 0.1) is 23.6 Å². The molecule has 1 amide bonds. The Labute approximate surface area is 163 Å². The fourth-order valence-electron chi connectivity index (χ4n) is 3.82. The first kappa shape index (κ1) is 19.6. The smallest absolute Gasteiger partial charge is 0.225 e. The highest BCUT2D eigenvalue weighted by molar-refractivity contribution is 5.77. The fourth-order valence-corrected chi connectivity index (χ4v) is 3.82. The van der Waals surface area contributed by atoms with Crippen molar-refractivity contribution in [1.29, 1.82) is 0 Å². The Morgan fingerprint density at radius 3 is 2.59 bits per heavy atom. The highest BCUT2D eigenvalue weighted by Gasteiger charge is 2.26. The van der Waals surface area contributed by atoms with Crippen molar-refractivity contribution in [2.24, 2.45) is 5.92 Å².